The molecule has 4 nitrogen and oxygen atoms in total. The Balaban J connectivity index is 3.64. The lowest BCUT2D eigenvalue weighted by atomic mass is 10.1. The minimum atomic E-state index is 0.01000. The molecule has 0 atom stereocenters. The molecular formula is C39H78O4. The molecule has 0 aliphatic carbocycles. The molecule has 0 aliphatic rings. The molecule has 0 fully saturated rings. The molecular weight excluding hydrogens is 532 g/mol. The van der Waals surface area contributed by atoms with Crippen LogP contribution < -0.4 is 0 Å². The fraction of sp³-hybridized carbons (Fsp3) is 0.949. The van der Waals surface area contributed by atoms with Crippen molar-refractivity contribution in [1.82, 2.24) is 0 Å². The van der Waals surface area contributed by atoms with Crippen LogP contribution in [-0.2, 0) is 18.9 Å². The number of hydrogen-bond donors (Lipinski definition) is 0. The maximum atomic E-state index is 6.19. The summed E-state index contributed by atoms with van der Waals surface area (Å²) in [5.41, 5.74) is 0. The molecule has 0 unspecified atom stereocenters. The van der Waals surface area contributed by atoms with E-state index in [1.807, 2.05) is 6.26 Å². The van der Waals surface area contributed by atoms with Crippen molar-refractivity contribution >= 4 is 0 Å². The first-order chi connectivity index (χ1) is 21.3. The zero-order valence-corrected chi connectivity index (χ0v) is 29.7. The van der Waals surface area contributed by atoms with Crippen LogP contribution in [0.15, 0.2) is 12.3 Å². The van der Waals surface area contributed by atoms with Gasteiger partial charge in [-0.05, 0) is 51.0 Å². The molecule has 0 bridgehead atoms. The quantitative estimate of drug-likeness (QED) is 0.0396. The van der Waals surface area contributed by atoms with Crippen LogP contribution in [0.25, 0.3) is 0 Å². The molecule has 0 radical (unpaired) electrons. The Morgan fingerprint density at radius 2 is 0.814 bits per heavy atom. The average molecular weight is 611 g/mol. The second-order valence-corrected chi connectivity index (χ2v) is 12.8. The van der Waals surface area contributed by atoms with Crippen LogP contribution in [0.2, 0.25) is 0 Å². The molecule has 0 aromatic heterocycles. The van der Waals surface area contributed by atoms with E-state index in [0.717, 1.165) is 39.1 Å². The molecule has 43 heavy (non-hydrogen) atoms. The van der Waals surface area contributed by atoms with Gasteiger partial charge in [-0.25, -0.2) is 0 Å². The highest BCUT2D eigenvalue weighted by molar-refractivity contribution is 4.72. The van der Waals surface area contributed by atoms with Gasteiger partial charge >= 0.3 is 0 Å². The lowest BCUT2D eigenvalue weighted by molar-refractivity contribution is -0.148. The Bertz CT molecular complexity index is 491. The third-order valence-electron chi connectivity index (χ3n) is 8.40. The van der Waals surface area contributed by atoms with Crippen molar-refractivity contribution in [3.05, 3.63) is 12.3 Å². The van der Waals surface area contributed by atoms with E-state index in [4.69, 9.17) is 18.9 Å². The van der Waals surface area contributed by atoms with E-state index in [-0.39, 0.29) is 6.29 Å². The van der Waals surface area contributed by atoms with Gasteiger partial charge in [-0.15, -0.1) is 0 Å². The zero-order valence-electron chi connectivity index (χ0n) is 29.7. The van der Waals surface area contributed by atoms with Crippen molar-refractivity contribution in [2.24, 2.45) is 0 Å². The summed E-state index contributed by atoms with van der Waals surface area (Å²) in [5, 5.41) is 0. The zero-order chi connectivity index (χ0) is 31.2. The van der Waals surface area contributed by atoms with Gasteiger partial charge in [0.25, 0.3) is 0 Å². The van der Waals surface area contributed by atoms with Crippen LogP contribution in [0.3, 0.4) is 0 Å². The lowest BCUT2D eigenvalue weighted by Gasteiger charge is -2.19. The summed E-state index contributed by atoms with van der Waals surface area (Å²) >= 11 is 0. The number of hydrogen-bond acceptors (Lipinski definition) is 4. The first kappa shape index (κ1) is 42.4. The Morgan fingerprint density at radius 3 is 1.30 bits per heavy atom. The lowest BCUT2D eigenvalue weighted by Crippen LogP contribution is -2.19. The molecule has 0 rings (SSSR count). The monoisotopic (exact) mass is 611 g/mol. The minimum absolute atomic E-state index is 0.01000. The maximum absolute atomic E-state index is 6.19. The fourth-order valence-corrected chi connectivity index (χ4v) is 5.49. The van der Waals surface area contributed by atoms with Crippen LogP contribution >= 0.6 is 0 Å². The molecule has 0 heterocycles. The third kappa shape index (κ3) is 37.5. The van der Waals surface area contributed by atoms with Gasteiger partial charge < -0.3 is 18.9 Å². The van der Waals surface area contributed by atoms with E-state index in [0.29, 0.717) is 6.79 Å². The summed E-state index contributed by atoms with van der Waals surface area (Å²) in [7, 11) is 0. The van der Waals surface area contributed by atoms with Crippen molar-refractivity contribution < 1.29 is 18.9 Å². The first-order valence-corrected chi connectivity index (χ1v) is 19.4. The van der Waals surface area contributed by atoms with Gasteiger partial charge in [-0.1, -0.05) is 162 Å². The van der Waals surface area contributed by atoms with Gasteiger partial charge in [0.05, 0.1) is 12.9 Å². The topological polar surface area (TPSA) is 36.9 Å². The van der Waals surface area contributed by atoms with Crippen LogP contribution in [0, 0.1) is 0 Å². The van der Waals surface area contributed by atoms with Gasteiger partial charge in [0.2, 0.25) is 0 Å². The summed E-state index contributed by atoms with van der Waals surface area (Å²) < 4.78 is 23.4. The van der Waals surface area contributed by atoms with Gasteiger partial charge in [-0.3, -0.25) is 0 Å². The van der Waals surface area contributed by atoms with Crippen molar-refractivity contribution in [3.63, 3.8) is 0 Å². The SMILES string of the molecule is CCCCCCCCCCOCOC=CCCCCCCCCCC(OCCCCCCCC)OCCCCCCCC. The van der Waals surface area contributed by atoms with E-state index in [2.05, 4.69) is 26.8 Å². The van der Waals surface area contributed by atoms with Gasteiger partial charge in [0, 0.05) is 13.2 Å². The second-order valence-electron chi connectivity index (χ2n) is 12.8. The average Bonchev–Trinajstić information content (AvgIpc) is 3.02. The Labute approximate surface area is 270 Å². The van der Waals surface area contributed by atoms with Crippen molar-refractivity contribution in [1.29, 1.82) is 0 Å². The molecule has 0 saturated carbocycles. The molecule has 0 aromatic rings. The fourth-order valence-electron chi connectivity index (χ4n) is 5.49. The summed E-state index contributed by atoms with van der Waals surface area (Å²) in [6.07, 6.45) is 41.6. The maximum Gasteiger partial charge on any atom is 0.188 e. The molecule has 0 N–H and O–H groups in total. The largest absolute Gasteiger partial charge is 0.475 e. The van der Waals surface area contributed by atoms with Crippen LogP contribution in [0.5, 0.6) is 0 Å². The summed E-state index contributed by atoms with van der Waals surface area (Å²) in [5.74, 6) is 0. The van der Waals surface area contributed by atoms with E-state index >= 15 is 0 Å². The normalized spacial score (nSPS) is 11.8. The summed E-state index contributed by atoms with van der Waals surface area (Å²) in [6.45, 7) is 9.76. The number of unbranched alkanes of at least 4 members (excludes halogenated alkanes) is 24. The Hall–Kier alpha value is -0.580. The van der Waals surface area contributed by atoms with E-state index in [1.165, 1.54) is 167 Å². The van der Waals surface area contributed by atoms with E-state index in [1.54, 1.807) is 0 Å². The highest BCUT2D eigenvalue weighted by Crippen LogP contribution is 2.15. The van der Waals surface area contributed by atoms with E-state index in [9.17, 15) is 0 Å². The predicted octanol–water partition coefficient (Wildman–Crippen LogP) is 13.2. The van der Waals surface area contributed by atoms with Crippen LogP contribution in [0.1, 0.15) is 207 Å². The minimum Gasteiger partial charge on any atom is -0.475 e. The van der Waals surface area contributed by atoms with Crippen molar-refractivity contribution in [3.8, 4) is 0 Å². The number of ether oxygens (including phenoxy) is 4. The number of allylic oxidation sites excluding steroid dienone is 1. The predicted molar refractivity (Wildman–Crippen MR) is 188 cm³/mol. The highest BCUT2D eigenvalue weighted by Gasteiger charge is 2.09. The molecule has 4 heteroatoms. The van der Waals surface area contributed by atoms with E-state index < -0.39 is 0 Å². The van der Waals surface area contributed by atoms with Crippen LogP contribution in [0.4, 0.5) is 0 Å². The summed E-state index contributed by atoms with van der Waals surface area (Å²) in [6, 6.07) is 0. The smallest absolute Gasteiger partial charge is 0.188 e. The highest BCUT2D eigenvalue weighted by atomic mass is 16.7. The van der Waals surface area contributed by atoms with Crippen LogP contribution in [-0.4, -0.2) is 32.9 Å². The van der Waals surface area contributed by atoms with Gasteiger partial charge in [0.1, 0.15) is 0 Å². The molecule has 258 valence electrons. The standard InChI is InChI=1S/C39H78O4/c1-4-7-10-13-16-21-24-29-34-40-38-41-35-30-25-22-19-17-18-20-23-28-33-39(42-36-31-26-14-11-8-5-2)43-37-32-27-15-12-9-6-3/h30,35,39H,4-29,31-34,36-38H2,1-3H3. The molecule has 0 amide bonds. The summed E-state index contributed by atoms with van der Waals surface area (Å²) in [4.78, 5) is 0. The number of rotatable bonds is 38. The molecule has 0 aliphatic heterocycles. The van der Waals surface area contributed by atoms with Gasteiger partial charge in [0.15, 0.2) is 13.1 Å². The van der Waals surface area contributed by atoms with Crippen molar-refractivity contribution in [2.45, 2.75) is 213 Å². The molecule has 0 spiro atoms. The second kappa shape index (κ2) is 39.4. The first-order valence-electron chi connectivity index (χ1n) is 19.4. The molecule has 0 aromatic carbocycles. The molecule has 0 saturated heterocycles. The van der Waals surface area contributed by atoms with Crippen molar-refractivity contribution in [2.75, 3.05) is 26.6 Å². The Kier molecular flexibility index (Phi) is 38.9. The Morgan fingerprint density at radius 1 is 0.419 bits per heavy atom. The third-order valence-corrected chi connectivity index (χ3v) is 8.40. The van der Waals surface area contributed by atoms with Gasteiger partial charge in [-0.2, -0.15) is 0 Å².